The van der Waals surface area contributed by atoms with E-state index >= 15 is 0 Å². The average Bonchev–Trinajstić information content (AvgIpc) is 2.78. The Morgan fingerprint density at radius 3 is 3.38 bits per heavy atom. The van der Waals surface area contributed by atoms with Gasteiger partial charge in [-0.05, 0) is 25.2 Å². The Morgan fingerprint density at radius 1 is 1.69 bits per heavy atom. The van der Waals surface area contributed by atoms with Gasteiger partial charge in [0.1, 0.15) is 0 Å². The maximum atomic E-state index is 8.79. The van der Waals surface area contributed by atoms with Crippen molar-refractivity contribution in [3.8, 4) is 6.07 Å². The summed E-state index contributed by atoms with van der Waals surface area (Å²) < 4.78 is 2.20. The summed E-state index contributed by atoms with van der Waals surface area (Å²) in [5.74, 6) is 0.787. The van der Waals surface area contributed by atoms with Gasteiger partial charge in [0.2, 0.25) is 0 Å². The third-order valence-corrected chi connectivity index (χ3v) is 4.40. The molecule has 0 saturated carbocycles. The summed E-state index contributed by atoms with van der Waals surface area (Å²) in [5, 5.41) is 8.79. The van der Waals surface area contributed by atoms with Crippen LogP contribution in [0.2, 0.25) is 0 Å². The number of aromatic nitrogens is 2. The van der Waals surface area contributed by atoms with Crippen molar-refractivity contribution in [2.45, 2.75) is 32.6 Å². The van der Waals surface area contributed by atoms with E-state index in [0.29, 0.717) is 6.42 Å². The fourth-order valence-corrected chi connectivity index (χ4v) is 3.76. The lowest BCUT2D eigenvalue weighted by molar-refractivity contribution is 0.498. The summed E-state index contributed by atoms with van der Waals surface area (Å²) in [7, 11) is 0. The maximum absolute atomic E-state index is 8.79. The van der Waals surface area contributed by atoms with Crippen molar-refractivity contribution >= 4 is 16.3 Å². The van der Waals surface area contributed by atoms with Crippen LogP contribution in [0.5, 0.6) is 0 Å². The normalized spacial score (nSPS) is 19.6. The van der Waals surface area contributed by atoms with Crippen molar-refractivity contribution in [1.82, 2.24) is 9.38 Å². The molecule has 82 valence electrons. The van der Waals surface area contributed by atoms with Crippen LogP contribution in [0.4, 0.5) is 0 Å². The van der Waals surface area contributed by atoms with Crippen LogP contribution >= 0.6 is 11.3 Å². The third kappa shape index (κ3) is 1.35. The van der Waals surface area contributed by atoms with E-state index < -0.39 is 0 Å². The van der Waals surface area contributed by atoms with Gasteiger partial charge in [-0.3, -0.25) is 4.40 Å². The van der Waals surface area contributed by atoms with Gasteiger partial charge in [-0.2, -0.15) is 5.26 Å². The summed E-state index contributed by atoms with van der Waals surface area (Å²) >= 11 is 1.79. The second-order valence-electron chi connectivity index (χ2n) is 4.52. The Hall–Kier alpha value is -1.34. The zero-order valence-corrected chi connectivity index (χ0v) is 10.0. The molecule has 0 aromatic carbocycles. The average molecular weight is 231 g/mol. The summed E-state index contributed by atoms with van der Waals surface area (Å²) in [6.07, 6.45) is 5.86. The highest BCUT2D eigenvalue weighted by Crippen LogP contribution is 2.33. The van der Waals surface area contributed by atoms with Crippen molar-refractivity contribution < 1.29 is 0 Å². The molecule has 1 aliphatic carbocycles. The van der Waals surface area contributed by atoms with E-state index in [2.05, 4.69) is 22.4 Å². The SMILES string of the molecule is CC1CCc2c(sc3ncc(CC#N)n23)C1. The molecule has 0 amide bonds. The molecule has 1 aliphatic rings. The molecule has 4 heteroatoms. The molecule has 0 N–H and O–H groups in total. The molecule has 2 aromatic heterocycles. The highest BCUT2D eigenvalue weighted by atomic mass is 32.1. The van der Waals surface area contributed by atoms with Crippen LogP contribution in [0, 0.1) is 17.2 Å². The fourth-order valence-electron chi connectivity index (χ4n) is 2.44. The molecule has 0 saturated heterocycles. The smallest absolute Gasteiger partial charge is 0.194 e. The summed E-state index contributed by atoms with van der Waals surface area (Å²) in [4.78, 5) is 6.93. The Kier molecular flexibility index (Phi) is 2.22. The zero-order valence-electron chi connectivity index (χ0n) is 9.23. The molecule has 16 heavy (non-hydrogen) atoms. The minimum absolute atomic E-state index is 0.458. The molecular formula is C12H13N3S. The van der Waals surface area contributed by atoms with Crippen LogP contribution in [-0.2, 0) is 19.3 Å². The molecule has 2 heterocycles. The van der Waals surface area contributed by atoms with Crippen molar-refractivity contribution in [3.63, 3.8) is 0 Å². The van der Waals surface area contributed by atoms with E-state index in [1.54, 1.807) is 11.3 Å². The molecule has 1 atom stereocenters. The number of imidazole rings is 1. The van der Waals surface area contributed by atoms with E-state index in [1.807, 2.05) is 6.20 Å². The first-order chi connectivity index (χ1) is 7.79. The van der Waals surface area contributed by atoms with E-state index in [4.69, 9.17) is 5.26 Å². The number of thiazole rings is 1. The van der Waals surface area contributed by atoms with Crippen molar-refractivity contribution in [2.24, 2.45) is 5.92 Å². The predicted octanol–water partition coefficient (Wildman–Crippen LogP) is 2.59. The molecule has 0 radical (unpaired) electrons. The Morgan fingerprint density at radius 2 is 2.56 bits per heavy atom. The van der Waals surface area contributed by atoms with Gasteiger partial charge in [-0.1, -0.05) is 6.92 Å². The summed E-state index contributed by atoms with van der Waals surface area (Å²) in [6.45, 7) is 2.31. The van der Waals surface area contributed by atoms with Crippen LogP contribution < -0.4 is 0 Å². The van der Waals surface area contributed by atoms with Gasteiger partial charge in [-0.25, -0.2) is 4.98 Å². The molecule has 3 rings (SSSR count). The molecule has 1 unspecified atom stereocenters. The Bertz CT molecular complexity index is 573. The second kappa shape index (κ2) is 3.60. The minimum atomic E-state index is 0.458. The van der Waals surface area contributed by atoms with Gasteiger partial charge in [0.25, 0.3) is 0 Å². The molecule has 0 fully saturated rings. The Balaban J connectivity index is 2.17. The molecular weight excluding hydrogens is 218 g/mol. The lowest BCUT2D eigenvalue weighted by atomic mass is 9.93. The highest BCUT2D eigenvalue weighted by Gasteiger charge is 2.22. The van der Waals surface area contributed by atoms with E-state index in [0.717, 1.165) is 23.0 Å². The van der Waals surface area contributed by atoms with Gasteiger partial charge in [0.05, 0.1) is 24.4 Å². The van der Waals surface area contributed by atoms with Gasteiger partial charge in [0, 0.05) is 10.6 Å². The van der Waals surface area contributed by atoms with Crippen molar-refractivity contribution in [1.29, 1.82) is 5.26 Å². The number of hydrogen-bond acceptors (Lipinski definition) is 3. The van der Waals surface area contributed by atoms with Gasteiger partial charge in [0.15, 0.2) is 4.96 Å². The number of fused-ring (bicyclic) bond motifs is 3. The molecule has 3 nitrogen and oxygen atoms in total. The third-order valence-electron chi connectivity index (χ3n) is 3.28. The number of nitrogens with zero attached hydrogens (tertiary/aromatic N) is 3. The van der Waals surface area contributed by atoms with Crippen LogP contribution in [0.1, 0.15) is 29.6 Å². The van der Waals surface area contributed by atoms with Crippen LogP contribution in [0.25, 0.3) is 4.96 Å². The quantitative estimate of drug-likeness (QED) is 0.757. The fraction of sp³-hybridized carbons (Fsp3) is 0.500. The first kappa shape index (κ1) is 9.86. The summed E-state index contributed by atoms with van der Waals surface area (Å²) in [5.41, 5.74) is 2.45. The predicted molar refractivity (Wildman–Crippen MR) is 63.6 cm³/mol. The standard InChI is InChI=1S/C12H13N3S/c1-8-2-3-10-11(6-8)16-12-14-7-9(4-5-13)15(10)12/h7-8H,2-4,6H2,1H3. The van der Waals surface area contributed by atoms with Crippen molar-refractivity contribution in [3.05, 3.63) is 22.5 Å². The molecule has 0 aliphatic heterocycles. The zero-order chi connectivity index (χ0) is 11.1. The van der Waals surface area contributed by atoms with Gasteiger partial charge < -0.3 is 0 Å². The van der Waals surface area contributed by atoms with Gasteiger partial charge >= 0.3 is 0 Å². The van der Waals surface area contributed by atoms with Crippen LogP contribution in [0.3, 0.4) is 0 Å². The number of rotatable bonds is 1. The van der Waals surface area contributed by atoms with E-state index in [-0.39, 0.29) is 0 Å². The lowest BCUT2D eigenvalue weighted by Crippen LogP contribution is -2.11. The number of hydrogen-bond donors (Lipinski definition) is 0. The molecule has 0 spiro atoms. The lowest BCUT2D eigenvalue weighted by Gasteiger charge is -2.17. The van der Waals surface area contributed by atoms with Crippen LogP contribution in [-0.4, -0.2) is 9.38 Å². The minimum Gasteiger partial charge on any atom is -0.290 e. The number of nitriles is 1. The molecule has 0 bridgehead atoms. The summed E-state index contributed by atoms with van der Waals surface area (Å²) in [6, 6.07) is 2.21. The highest BCUT2D eigenvalue weighted by molar-refractivity contribution is 7.17. The van der Waals surface area contributed by atoms with Gasteiger partial charge in [-0.15, -0.1) is 11.3 Å². The topological polar surface area (TPSA) is 41.1 Å². The Labute approximate surface area is 98.4 Å². The largest absolute Gasteiger partial charge is 0.290 e. The molecule has 2 aromatic rings. The monoisotopic (exact) mass is 231 g/mol. The van der Waals surface area contributed by atoms with E-state index in [1.165, 1.54) is 23.4 Å². The van der Waals surface area contributed by atoms with Crippen molar-refractivity contribution in [2.75, 3.05) is 0 Å². The first-order valence-corrected chi connectivity index (χ1v) is 6.45. The maximum Gasteiger partial charge on any atom is 0.194 e. The van der Waals surface area contributed by atoms with E-state index in [9.17, 15) is 0 Å². The van der Waals surface area contributed by atoms with Crippen LogP contribution in [0.15, 0.2) is 6.20 Å². The number of aryl methyl sites for hydroxylation is 1. The first-order valence-electron chi connectivity index (χ1n) is 5.63. The second-order valence-corrected chi connectivity index (χ2v) is 5.58.